The number of carbonyl (C=O) groups excluding carboxylic acids is 5. The van der Waals surface area contributed by atoms with Crippen LogP contribution in [0.4, 0.5) is 17.6 Å². The smallest absolute Gasteiger partial charge is 0.416 e. The van der Waals surface area contributed by atoms with E-state index in [-0.39, 0.29) is 81.4 Å². The minimum atomic E-state index is -4.50. The van der Waals surface area contributed by atoms with Gasteiger partial charge in [0.05, 0.1) is 17.7 Å². The van der Waals surface area contributed by atoms with Crippen molar-refractivity contribution in [3.05, 3.63) is 70.5 Å². The van der Waals surface area contributed by atoms with Crippen LogP contribution in [0, 0.1) is 5.82 Å². The minimum absolute atomic E-state index is 0.0102. The molecule has 0 unspecified atom stereocenters. The van der Waals surface area contributed by atoms with Crippen LogP contribution in [0.2, 0.25) is 0 Å². The number of hydrogen-bond acceptors (Lipinski definition) is 8. The molecule has 0 aliphatic carbocycles. The van der Waals surface area contributed by atoms with Crippen LogP contribution < -0.4 is 26.4 Å². The number of primary amides is 1. The van der Waals surface area contributed by atoms with E-state index >= 15 is 0 Å². The Labute approximate surface area is 276 Å². The van der Waals surface area contributed by atoms with E-state index in [0.717, 1.165) is 35.6 Å². The van der Waals surface area contributed by atoms with Crippen LogP contribution in [-0.4, -0.2) is 78.2 Å². The first-order valence-corrected chi connectivity index (χ1v) is 15.7. The van der Waals surface area contributed by atoms with Crippen molar-refractivity contribution in [2.24, 2.45) is 5.73 Å². The lowest BCUT2D eigenvalue weighted by molar-refractivity contribution is -0.137. The number of amides is 5. The Morgan fingerprint density at radius 3 is 2.50 bits per heavy atom. The maximum atomic E-state index is 14.1. The van der Waals surface area contributed by atoms with Crippen LogP contribution in [0.5, 0.6) is 5.75 Å². The Morgan fingerprint density at radius 1 is 1.04 bits per heavy atom. The highest BCUT2D eigenvalue weighted by Gasteiger charge is 2.30. The maximum Gasteiger partial charge on any atom is 0.416 e. The third kappa shape index (κ3) is 9.97. The molecule has 0 saturated carbocycles. The van der Waals surface area contributed by atoms with Gasteiger partial charge >= 0.3 is 6.18 Å². The molecule has 1 aliphatic rings. The van der Waals surface area contributed by atoms with Gasteiger partial charge in [-0.05, 0) is 43.2 Å². The fraction of sp³-hybridized carbons (Fsp3) is 0.355. The number of nitrogens with zero attached hydrogens (tertiary/aromatic N) is 2. The molecular formula is C31H32F4N6O6S. The Bertz CT molecular complexity index is 1650. The van der Waals surface area contributed by atoms with Gasteiger partial charge in [0.2, 0.25) is 17.7 Å². The number of benzene rings is 2. The Balaban J connectivity index is 1.52. The van der Waals surface area contributed by atoms with E-state index in [2.05, 4.69) is 20.9 Å². The lowest BCUT2D eigenvalue weighted by atomic mass is 10.1. The molecule has 0 bridgehead atoms. The monoisotopic (exact) mass is 692 g/mol. The predicted molar refractivity (Wildman–Crippen MR) is 165 cm³/mol. The highest BCUT2D eigenvalue weighted by Crippen LogP contribution is 2.32. The Kier molecular flexibility index (Phi) is 12.1. The summed E-state index contributed by atoms with van der Waals surface area (Å²) in [6.07, 6.45) is -4.65. The number of halogens is 4. The second-order valence-corrected chi connectivity index (χ2v) is 11.5. The molecule has 5 amide bonds. The molecule has 12 nitrogen and oxygen atoms in total. The van der Waals surface area contributed by atoms with Gasteiger partial charge in [0.25, 0.3) is 11.8 Å². The lowest BCUT2D eigenvalue weighted by Gasteiger charge is -2.24. The molecule has 2 aromatic carbocycles. The number of hydrogen-bond donors (Lipinski definition) is 4. The minimum Gasteiger partial charge on any atom is -0.491 e. The molecular weight excluding hydrogens is 660 g/mol. The quantitative estimate of drug-likeness (QED) is 0.298. The van der Waals surface area contributed by atoms with Gasteiger partial charge in [-0.15, -0.1) is 11.3 Å². The molecule has 256 valence electrons. The van der Waals surface area contributed by atoms with Crippen LogP contribution in [0.1, 0.15) is 52.1 Å². The topological polar surface area (TPSA) is 173 Å². The number of rotatable bonds is 5. The number of thiazole rings is 1. The predicted octanol–water partition coefficient (Wildman–Crippen LogP) is 2.88. The first kappa shape index (κ1) is 35.8. The van der Waals surface area contributed by atoms with Crippen LogP contribution >= 0.6 is 11.3 Å². The van der Waals surface area contributed by atoms with Gasteiger partial charge in [-0.25, -0.2) is 9.37 Å². The summed E-state index contributed by atoms with van der Waals surface area (Å²) in [7, 11) is 0. The van der Waals surface area contributed by atoms with Gasteiger partial charge in [0.1, 0.15) is 34.9 Å². The molecule has 17 heteroatoms. The Hall–Kier alpha value is -5.06. The second-order valence-electron chi connectivity index (χ2n) is 10.7. The third-order valence-corrected chi connectivity index (χ3v) is 8.04. The normalized spacial score (nSPS) is 17.1. The summed E-state index contributed by atoms with van der Waals surface area (Å²) in [6, 6.07) is 6.35. The average molecular weight is 693 g/mol. The number of fused-ring (bicyclic) bond motifs is 1. The average Bonchev–Trinajstić information content (AvgIpc) is 3.54. The molecule has 1 aromatic heterocycles. The summed E-state index contributed by atoms with van der Waals surface area (Å²) in [5, 5.41) is 9.54. The van der Waals surface area contributed by atoms with Crippen molar-refractivity contribution in [3.63, 3.8) is 0 Å². The van der Waals surface area contributed by atoms with E-state index < -0.39 is 47.2 Å². The molecule has 1 aliphatic heterocycles. The zero-order valence-electron chi connectivity index (χ0n) is 25.4. The zero-order valence-corrected chi connectivity index (χ0v) is 26.2. The highest BCUT2D eigenvalue weighted by atomic mass is 32.1. The highest BCUT2D eigenvalue weighted by molar-refractivity contribution is 7.13. The van der Waals surface area contributed by atoms with E-state index in [0.29, 0.717) is 10.6 Å². The molecule has 2 heterocycles. The maximum absolute atomic E-state index is 14.1. The van der Waals surface area contributed by atoms with Gasteiger partial charge in [0.15, 0.2) is 0 Å². The van der Waals surface area contributed by atoms with Crippen molar-refractivity contribution in [2.75, 3.05) is 32.8 Å². The van der Waals surface area contributed by atoms with E-state index in [1.807, 2.05) is 0 Å². The standard InChI is InChI=1S/C31H32F4N6O6S/c32-20-7-9-24-21(16-20)27(44)39-22(8-10-25(36)42)28(45)38-11-14-41(13-1-2-26(43)37-12-15-47-24)30(46)23-17-48-29(40-23)18-3-5-19(6-4-18)31(33,34)35/h3-7,9,16-17,22H,1-2,8,10-15H2,(H2,36,42)(H,37,43)(H,38,45)(H,39,44)/t22-/m0/s1. The molecule has 1 atom stereocenters. The molecule has 0 spiro atoms. The van der Waals surface area contributed by atoms with Crippen LogP contribution in [0.25, 0.3) is 10.6 Å². The molecule has 4 rings (SSSR count). The fourth-order valence-electron chi connectivity index (χ4n) is 4.69. The summed E-state index contributed by atoms with van der Waals surface area (Å²) in [5.74, 6) is -3.89. The van der Waals surface area contributed by atoms with Crippen molar-refractivity contribution in [1.29, 1.82) is 0 Å². The fourth-order valence-corrected chi connectivity index (χ4v) is 5.49. The summed E-state index contributed by atoms with van der Waals surface area (Å²) < 4.78 is 58.6. The van der Waals surface area contributed by atoms with Gasteiger partial charge in [-0.2, -0.15) is 13.2 Å². The van der Waals surface area contributed by atoms with Gasteiger partial charge in [-0.3, -0.25) is 24.0 Å². The zero-order chi connectivity index (χ0) is 34.8. The molecule has 3 aromatic rings. The SMILES string of the molecule is NC(=O)CC[C@@H]1NC(=O)c2cc(F)ccc2OCCNC(=O)CCCN(C(=O)c2csc(-c3ccc(C(F)(F)F)cc3)n2)CCNC1=O. The molecule has 0 fully saturated rings. The van der Waals surface area contributed by atoms with Crippen molar-refractivity contribution in [1.82, 2.24) is 25.8 Å². The van der Waals surface area contributed by atoms with E-state index in [4.69, 9.17) is 10.5 Å². The van der Waals surface area contributed by atoms with Crippen molar-refractivity contribution >= 4 is 40.9 Å². The third-order valence-electron chi connectivity index (χ3n) is 7.15. The van der Waals surface area contributed by atoms with Crippen LogP contribution in [0.3, 0.4) is 0 Å². The van der Waals surface area contributed by atoms with Gasteiger partial charge in [0, 0.05) is 43.4 Å². The molecule has 0 saturated heterocycles. The first-order chi connectivity index (χ1) is 22.8. The van der Waals surface area contributed by atoms with E-state index in [1.165, 1.54) is 28.5 Å². The lowest BCUT2D eigenvalue weighted by Crippen LogP contribution is -2.49. The summed E-state index contributed by atoms with van der Waals surface area (Å²) in [4.78, 5) is 69.4. The van der Waals surface area contributed by atoms with Crippen LogP contribution in [0.15, 0.2) is 47.8 Å². The van der Waals surface area contributed by atoms with Crippen LogP contribution in [-0.2, 0) is 20.6 Å². The number of ether oxygens (including phenoxy) is 1. The number of nitrogens with one attached hydrogen (secondary N) is 3. The summed E-state index contributed by atoms with van der Waals surface area (Å²) in [6.45, 7) is -0.0811. The summed E-state index contributed by atoms with van der Waals surface area (Å²) >= 11 is 1.06. The number of aromatic nitrogens is 1. The number of carbonyl (C=O) groups is 5. The molecule has 5 N–H and O–H groups in total. The number of alkyl halides is 3. The molecule has 0 radical (unpaired) electrons. The van der Waals surface area contributed by atoms with Gasteiger partial charge < -0.3 is 31.3 Å². The molecule has 48 heavy (non-hydrogen) atoms. The van der Waals surface area contributed by atoms with E-state index in [1.54, 1.807) is 0 Å². The van der Waals surface area contributed by atoms with Crippen molar-refractivity contribution < 1.29 is 46.3 Å². The van der Waals surface area contributed by atoms with E-state index in [9.17, 15) is 41.5 Å². The number of nitrogens with two attached hydrogens (primary N) is 1. The Morgan fingerprint density at radius 2 is 1.79 bits per heavy atom. The van der Waals surface area contributed by atoms with Crippen molar-refractivity contribution in [3.8, 4) is 16.3 Å². The summed E-state index contributed by atoms with van der Waals surface area (Å²) in [5.41, 5.74) is 4.62. The second kappa shape index (κ2) is 16.2. The first-order valence-electron chi connectivity index (χ1n) is 14.8. The van der Waals surface area contributed by atoms with Gasteiger partial charge in [-0.1, -0.05) is 12.1 Å². The van der Waals surface area contributed by atoms with Crippen molar-refractivity contribution in [2.45, 2.75) is 37.9 Å². The largest absolute Gasteiger partial charge is 0.491 e.